The van der Waals surface area contributed by atoms with Gasteiger partial charge in [-0.3, -0.25) is 4.79 Å². The van der Waals surface area contributed by atoms with Crippen molar-refractivity contribution in [3.8, 4) is 0 Å². The number of anilines is 2. The van der Waals surface area contributed by atoms with E-state index in [-0.39, 0.29) is 5.91 Å². The zero-order valence-corrected chi connectivity index (χ0v) is 13.0. The van der Waals surface area contributed by atoms with E-state index >= 15 is 0 Å². The molecular weight excluding hydrogens is 274 g/mol. The zero-order valence-electron chi connectivity index (χ0n) is 13.0. The normalized spacial score (nSPS) is 10.7. The molecule has 0 aliphatic rings. The van der Waals surface area contributed by atoms with E-state index in [1.54, 1.807) is 19.0 Å². The number of carbonyl (C=O) groups is 1. The molecule has 0 radical (unpaired) electrons. The van der Waals surface area contributed by atoms with Gasteiger partial charge in [0.15, 0.2) is 0 Å². The van der Waals surface area contributed by atoms with Crippen LogP contribution in [0.15, 0.2) is 60.8 Å². The first-order valence-electron chi connectivity index (χ1n) is 7.19. The summed E-state index contributed by atoms with van der Waals surface area (Å²) in [6.07, 6.45) is 1.90. The second kappa shape index (κ2) is 5.56. The van der Waals surface area contributed by atoms with Gasteiger partial charge in [-0.15, -0.1) is 0 Å². The monoisotopic (exact) mass is 293 g/mol. The van der Waals surface area contributed by atoms with Crippen molar-refractivity contribution in [3.05, 3.63) is 66.4 Å². The lowest BCUT2D eigenvalue weighted by atomic mass is 10.2. The van der Waals surface area contributed by atoms with Gasteiger partial charge in [0.1, 0.15) is 5.82 Å². The Morgan fingerprint density at radius 3 is 2.27 bits per heavy atom. The Morgan fingerprint density at radius 1 is 0.909 bits per heavy atom. The molecule has 2 heterocycles. The fourth-order valence-electron chi connectivity index (χ4n) is 2.53. The average Bonchev–Trinajstić information content (AvgIpc) is 2.97. The van der Waals surface area contributed by atoms with Gasteiger partial charge < -0.3 is 14.2 Å². The van der Waals surface area contributed by atoms with Crippen molar-refractivity contribution in [2.24, 2.45) is 0 Å². The van der Waals surface area contributed by atoms with Crippen LogP contribution in [0.3, 0.4) is 0 Å². The lowest BCUT2D eigenvalue weighted by Gasteiger charge is -2.19. The number of hydrogen-bond donors (Lipinski definition) is 0. The highest BCUT2D eigenvalue weighted by Gasteiger charge is 2.12. The Hall–Kier alpha value is -2.75. The number of nitrogens with zero attached hydrogens (tertiary/aromatic N) is 3. The smallest absolute Gasteiger partial charge is 0.254 e. The number of aromatic nitrogens is 1. The van der Waals surface area contributed by atoms with Gasteiger partial charge in [-0.05, 0) is 36.4 Å². The third kappa shape index (κ3) is 2.44. The molecule has 0 unspecified atom stereocenters. The van der Waals surface area contributed by atoms with Gasteiger partial charge >= 0.3 is 0 Å². The number of benzene rings is 1. The summed E-state index contributed by atoms with van der Waals surface area (Å²) in [4.78, 5) is 15.9. The Morgan fingerprint density at radius 2 is 1.59 bits per heavy atom. The Kier molecular flexibility index (Phi) is 3.59. The molecule has 0 bridgehead atoms. The van der Waals surface area contributed by atoms with Crippen molar-refractivity contribution in [3.63, 3.8) is 0 Å². The molecule has 0 fully saturated rings. The van der Waals surface area contributed by atoms with Gasteiger partial charge in [0.05, 0.1) is 5.56 Å². The predicted octanol–water partition coefficient (Wildman–Crippen LogP) is 3.41. The highest BCUT2D eigenvalue weighted by atomic mass is 16.2. The van der Waals surface area contributed by atoms with Crippen LogP contribution in [0, 0.1) is 0 Å². The van der Waals surface area contributed by atoms with Gasteiger partial charge in [-0.1, -0.05) is 18.2 Å². The summed E-state index contributed by atoms with van der Waals surface area (Å²) in [5.41, 5.74) is 2.84. The van der Waals surface area contributed by atoms with Crippen molar-refractivity contribution in [1.82, 2.24) is 9.30 Å². The molecule has 0 aliphatic carbocycles. The number of fused-ring (bicyclic) bond motifs is 1. The molecule has 0 aliphatic heterocycles. The van der Waals surface area contributed by atoms with E-state index < -0.39 is 0 Å². The van der Waals surface area contributed by atoms with Crippen LogP contribution in [-0.4, -0.2) is 36.4 Å². The van der Waals surface area contributed by atoms with Gasteiger partial charge in [0.25, 0.3) is 5.91 Å². The van der Waals surface area contributed by atoms with Crippen LogP contribution in [0.5, 0.6) is 0 Å². The third-order valence-corrected chi connectivity index (χ3v) is 3.77. The van der Waals surface area contributed by atoms with E-state index in [0.29, 0.717) is 5.56 Å². The van der Waals surface area contributed by atoms with E-state index in [1.165, 1.54) is 0 Å². The number of amides is 1. The minimum atomic E-state index is 0.00362. The topological polar surface area (TPSA) is 28.0 Å². The van der Waals surface area contributed by atoms with Crippen molar-refractivity contribution in [2.45, 2.75) is 0 Å². The van der Waals surface area contributed by atoms with Crippen molar-refractivity contribution in [1.29, 1.82) is 0 Å². The summed E-state index contributed by atoms with van der Waals surface area (Å²) in [6, 6.07) is 18.1. The second-order valence-corrected chi connectivity index (χ2v) is 5.50. The lowest BCUT2D eigenvalue weighted by molar-refractivity contribution is 0.0827. The number of rotatable bonds is 3. The highest BCUT2D eigenvalue weighted by Crippen LogP contribution is 2.26. The summed E-state index contributed by atoms with van der Waals surface area (Å²) in [7, 11) is 5.55. The van der Waals surface area contributed by atoms with Crippen LogP contribution >= 0.6 is 0 Å². The molecule has 0 saturated carbocycles. The van der Waals surface area contributed by atoms with Crippen molar-refractivity contribution in [2.75, 3.05) is 26.0 Å². The molecule has 3 aromatic rings. The van der Waals surface area contributed by atoms with Gasteiger partial charge in [-0.2, -0.15) is 0 Å². The SMILES string of the molecule is CN(C)C(=O)c1ccc2ccc(N(C)c3ccccc3)n2c1. The molecule has 0 saturated heterocycles. The third-order valence-electron chi connectivity index (χ3n) is 3.77. The fourth-order valence-corrected chi connectivity index (χ4v) is 2.53. The molecule has 4 heteroatoms. The Bertz CT molecular complexity index is 806. The zero-order chi connectivity index (χ0) is 15.7. The number of carbonyl (C=O) groups excluding carboxylic acids is 1. The largest absolute Gasteiger partial charge is 0.345 e. The first kappa shape index (κ1) is 14.2. The molecule has 1 amide bonds. The Balaban J connectivity index is 2.07. The Labute approximate surface area is 130 Å². The van der Waals surface area contributed by atoms with Gasteiger partial charge in [0.2, 0.25) is 0 Å². The van der Waals surface area contributed by atoms with Gasteiger partial charge in [0, 0.05) is 38.5 Å². The van der Waals surface area contributed by atoms with Gasteiger partial charge in [-0.25, -0.2) is 0 Å². The summed E-state index contributed by atoms with van der Waals surface area (Å²) in [5.74, 6) is 1.03. The predicted molar refractivity (Wildman–Crippen MR) is 89.9 cm³/mol. The maximum absolute atomic E-state index is 12.2. The van der Waals surface area contributed by atoms with Crippen LogP contribution in [0.1, 0.15) is 10.4 Å². The maximum Gasteiger partial charge on any atom is 0.254 e. The molecule has 0 spiro atoms. The van der Waals surface area contributed by atoms with Crippen molar-refractivity contribution < 1.29 is 4.79 Å². The molecule has 0 N–H and O–H groups in total. The van der Waals surface area contributed by atoms with Crippen LogP contribution in [-0.2, 0) is 0 Å². The van der Waals surface area contributed by atoms with E-state index in [2.05, 4.69) is 29.2 Å². The molecule has 4 nitrogen and oxygen atoms in total. The lowest BCUT2D eigenvalue weighted by Crippen LogP contribution is -2.22. The summed E-state index contributed by atoms with van der Waals surface area (Å²) >= 11 is 0. The molecule has 22 heavy (non-hydrogen) atoms. The quantitative estimate of drug-likeness (QED) is 0.740. The first-order valence-corrected chi connectivity index (χ1v) is 7.19. The standard InChI is InChI=1S/C18H19N3O/c1-19(2)18(22)14-9-10-16-11-12-17(21(16)13-14)20(3)15-7-5-4-6-8-15/h4-13H,1-3H3. The molecule has 0 atom stereocenters. The molecule has 2 aromatic heterocycles. The maximum atomic E-state index is 12.2. The highest BCUT2D eigenvalue weighted by molar-refractivity contribution is 5.94. The van der Waals surface area contributed by atoms with Crippen molar-refractivity contribution >= 4 is 22.9 Å². The minimum Gasteiger partial charge on any atom is -0.345 e. The van der Waals surface area contributed by atoms with Crippen LogP contribution in [0.4, 0.5) is 11.5 Å². The molecular formula is C18H19N3O. The number of para-hydroxylation sites is 1. The molecule has 3 rings (SSSR count). The summed E-state index contributed by atoms with van der Waals surface area (Å²) < 4.78 is 2.05. The van der Waals surface area contributed by atoms with E-state index in [4.69, 9.17) is 0 Å². The fraction of sp³-hybridized carbons (Fsp3) is 0.167. The van der Waals surface area contributed by atoms with Crippen LogP contribution in [0.2, 0.25) is 0 Å². The van der Waals surface area contributed by atoms with E-state index in [0.717, 1.165) is 17.0 Å². The number of hydrogen-bond acceptors (Lipinski definition) is 2. The first-order chi connectivity index (χ1) is 10.6. The van der Waals surface area contributed by atoms with Crippen LogP contribution < -0.4 is 4.90 Å². The van der Waals surface area contributed by atoms with E-state index in [9.17, 15) is 4.79 Å². The van der Waals surface area contributed by atoms with Crippen LogP contribution in [0.25, 0.3) is 5.52 Å². The molecule has 1 aromatic carbocycles. The summed E-state index contributed by atoms with van der Waals surface area (Å²) in [5, 5.41) is 0. The summed E-state index contributed by atoms with van der Waals surface area (Å²) in [6.45, 7) is 0. The molecule has 112 valence electrons. The van der Waals surface area contributed by atoms with E-state index in [1.807, 2.05) is 48.0 Å². The number of pyridine rings is 1. The minimum absolute atomic E-state index is 0.00362. The second-order valence-electron chi connectivity index (χ2n) is 5.50. The average molecular weight is 293 g/mol.